The maximum absolute atomic E-state index is 12.5. The number of carbonyl (C=O) groups is 1. The molecule has 1 aliphatic carbocycles. The number of H-pyrrole nitrogens is 1. The molecule has 126 valence electrons. The van der Waals surface area contributed by atoms with Crippen molar-refractivity contribution in [3.05, 3.63) is 39.8 Å². The minimum Gasteiger partial charge on any atom is -0.331 e. The van der Waals surface area contributed by atoms with Crippen molar-refractivity contribution in [2.45, 2.75) is 51.1 Å². The molecule has 2 aliphatic rings. The Kier molecular flexibility index (Phi) is 3.87. The van der Waals surface area contributed by atoms with E-state index in [-0.39, 0.29) is 23.3 Å². The fourth-order valence-corrected chi connectivity index (χ4v) is 3.67. The Morgan fingerprint density at radius 3 is 3.00 bits per heavy atom. The van der Waals surface area contributed by atoms with E-state index in [2.05, 4.69) is 20.3 Å². The lowest BCUT2D eigenvalue weighted by atomic mass is 9.97. The molecule has 1 fully saturated rings. The summed E-state index contributed by atoms with van der Waals surface area (Å²) < 4.78 is 1.53. The number of amides is 1. The smallest absolute Gasteiger partial charge is 0.291 e. The van der Waals surface area contributed by atoms with Crippen LogP contribution >= 0.6 is 0 Å². The zero-order chi connectivity index (χ0) is 16.5. The summed E-state index contributed by atoms with van der Waals surface area (Å²) in [6, 6.07) is 1.69. The third kappa shape index (κ3) is 2.72. The SMILES string of the molecule is O=C(c1ncn[nH]1)N1CCCC1Cn1nc2c(cc1=O)CCCC2. The number of nitrogens with one attached hydrogen (secondary N) is 1. The Morgan fingerprint density at radius 2 is 2.17 bits per heavy atom. The van der Waals surface area contributed by atoms with Crippen molar-refractivity contribution in [2.24, 2.45) is 0 Å². The molecule has 0 aromatic carbocycles. The number of likely N-dealkylation sites (tertiary alicyclic amines) is 1. The van der Waals surface area contributed by atoms with E-state index in [1.54, 1.807) is 11.0 Å². The third-order valence-electron chi connectivity index (χ3n) is 4.91. The van der Waals surface area contributed by atoms with Gasteiger partial charge in [-0.3, -0.25) is 14.7 Å². The summed E-state index contributed by atoms with van der Waals surface area (Å²) >= 11 is 0. The predicted molar refractivity (Wildman–Crippen MR) is 85.6 cm³/mol. The first-order chi connectivity index (χ1) is 11.7. The zero-order valence-electron chi connectivity index (χ0n) is 13.4. The van der Waals surface area contributed by atoms with Gasteiger partial charge in [0.05, 0.1) is 18.3 Å². The molecule has 8 nitrogen and oxygen atoms in total. The fourth-order valence-electron chi connectivity index (χ4n) is 3.67. The summed E-state index contributed by atoms with van der Waals surface area (Å²) in [5.41, 5.74) is 2.05. The van der Waals surface area contributed by atoms with E-state index in [9.17, 15) is 9.59 Å². The minimum absolute atomic E-state index is 0.0329. The Labute approximate surface area is 138 Å². The van der Waals surface area contributed by atoms with Gasteiger partial charge in [0.25, 0.3) is 11.5 Å². The van der Waals surface area contributed by atoms with Crippen LogP contribution in [-0.4, -0.2) is 48.4 Å². The first-order valence-electron chi connectivity index (χ1n) is 8.48. The normalized spacial score (nSPS) is 20.2. The van der Waals surface area contributed by atoms with Crippen molar-refractivity contribution < 1.29 is 4.79 Å². The van der Waals surface area contributed by atoms with Crippen molar-refractivity contribution in [1.29, 1.82) is 0 Å². The van der Waals surface area contributed by atoms with Gasteiger partial charge in [0.2, 0.25) is 5.82 Å². The lowest BCUT2D eigenvalue weighted by molar-refractivity contribution is 0.0708. The van der Waals surface area contributed by atoms with E-state index in [4.69, 9.17) is 0 Å². The molecule has 0 bridgehead atoms. The van der Waals surface area contributed by atoms with Crippen LogP contribution in [0.5, 0.6) is 0 Å². The molecule has 24 heavy (non-hydrogen) atoms. The van der Waals surface area contributed by atoms with Crippen LogP contribution in [0.15, 0.2) is 17.2 Å². The van der Waals surface area contributed by atoms with Gasteiger partial charge in [0.15, 0.2) is 0 Å². The van der Waals surface area contributed by atoms with Crippen molar-refractivity contribution in [1.82, 2.24) is 29.9 Å². The zero-order valence-corrected chi connectivity index (χ0v) is 13.4. The largest absolute Gasteiger partial charge is 0.331 e. The van der Waals surface area contributed by atoms with Crippen LogP contribution in [0.4, 0.5) is 0 Å². The van der Waals surface area contributed by atoms with Crippen LogP contribution in [0.25, 0.3) is 0 Å². The Balaban J connectivity index is 1.56. The van der Waals surface area contributed by atoms with Crippen molar-refractivity contribution >= 4 is 5.91 Å². The maximum Gasteiger partial charge on any atom is 0.291 e. The standard InChI is InChI=1S/C16H20N6O2/c23-14-8-11-4-1-2-6-13(11)20-22(14)9-12-5-3-7-21(12)16(24)15-17-10-18-19-15/h8,10,12H,1-7,9H2,(H,17,18,19). The molecular formula is C16H20N6O2. The van der Waals surface area contributed by atoms with E-state index in [1.807, 2.05) is 0 Å². The second kappa shape index (κ2) is 6.18. The molecule has 1 unspecified atom stereocenters. The number of aromatic nitrogens is 5. The van der Waals surface area contributed by atoms with Gasteiger partial charge >= 0.3 is 0 Å². The highest BCUT2D eigenvalue weighted by atomic mass is 16.2. The second-order valence-electron chi connectivity index (χ2n) is 6.47. The highest BCUT2D eigenvalue weighted by Crippen LogP contribution is 2.21. The average molecular weight is 328 g/mol. The van der Waals surface area contributed by atoms with Gasteiger partial charge in [-0.1, -0.05) is 0 Å². The second-order valence-corrected chi connectivity index (χ2v) is 6.47. The molecule has 0 spiro atoms. The van der Waals surface area contributed by atoms with E-state index < -0.39 is 0 Å². The number of rotatable bonds is 3. The van der Waals surface area contributed by atoms with Gasteiger partial charge in [-0.25, -0.2) is 9.67 Å². The number of hydrogen-bond donors (Lipinski definition) is 1. The molecule has 0 saturated carbocycles. The van der Waals surface area contributed by atoms with Crippen LogP contribution in [-0.2, 0) is 19.4 Å². The van der Waals surface area contributed by atoms with Crippen molar-refractivity contribution in [3.63, 3.8) is 0 Å². The molecule has 0 radical (unpaired) electrons. The van der Waals surface area contributed by atoms with E-state index >= 15 is 0 Å². The number of carbonyl (C=O) groups excluding carboxylic acids is 1. The molecule has 3 heterocycles. The lowest BCUT2D eigenvalue weighted by Gasteiger charge is -2.24. The van der Waals surface area contributed by atoms with Gasteiger partial charge < -0.3 is 4.90 Å². The summed E-state index contributed by atoms with van der Waals surface area (Å²) in [5.74, 6) is 0.0775. The fraction of sp³-hybridized carbons (Fsp3) is 0.562. The number of hydrogen-bond acceptors (Lipinski definition) is 5. The first kappa shape index (κ1) is 15.0. The molecule has 1 saturated heterocycles. The number of fused-ring (bicyclic) bond motifs is 1. The third-order valence-corrected chi connectivity index (χ3v) is 4.91. The predicted octanol–water partition coefficient (Wildman–Crippen LogP) is 0.545. The quantitative estimate of drug-likeness (QED) is 0.887. The van der Waals surface area contributed by atoms with Gasteiger partial charge in [-0.15, -0.1) is 0 Å². The van der Waals surface area contributed by atoms with Gasteiger partial charge in [-0.05, 0) is 44.1 Å². The monoisotopic (exact) mass is 328 g/mol. The summed E-state index contributed by atoms with van der Waals surface area (Å²) in [6.45, 7) is 1.11. The van der Waals surface area contributed by atoms with Crippen LogP contribution < -0.4 is 5.56 Å². The number of aryl methyl sites for hydroxylation is 2. The molecule has 1 amide bonds. The highest BCUT2D eigenvalue weighted by Gasteiger charge is 2.31. The first-order valence-corrected chi connectivity index (χ1v) is 8.48. The molecule has 4 rings (SSSR count). The lowest BCUT2D eigenvalue weighted by Crippen LogP contribution is -2.41. The van der Waals surface area contributed by atoms with Gasteiger partial charge in [0.1, 0.15) is 6.33 Å². The summed E-state index contributed by atoms with van der Waals surface area (Å²) in [6.07, 6.45) is 7.24. The van der Waals surface area contributed by atoms with Crippen molar-refractivity contribution in [2.75, 3.05) is 6.54 Å². The van der Waals surface area contributed by atoms with Gasteiger partial charge in [-0.2, -0.15) is 10.2 Å². The van der Waals surface area contributed by atoms with E-state index in [0.29, 0.717) is 13.1 Å². The van der Waals surface area contributed by atoms with Crippen molar-refractivity contribution in [3.8, 4) is 0 Å². The molecule has 1 aliphatic heterocycles. The van der Waals surface area contributed by atoms with E-state index in [0.717, 1.165) is 49.8 Å². The summed E-state index contributed by atoms with van der Waals surface area (Å²) in [7, 11) is 0. The van der Waals surface area contributed by atoms with Crippen LogP contribution in [0.1, 0.15) is 47.6 Å². The van der Waals surface area contributed by atoms with Gasteiger partial charge in [0, 0.05) is 12.6 Å². The number of aromatic amines is 1. The molecule has 1 atom stereocenters. The summed E-state index contributed by atoms with van der Waals surface area (Å²) in [4.78, 5) is 30.6. The average Bonchev–Trinajstić information content (AvgIpc) is 3.26. The molecule has 1 N–H and O–H groups in total. The van der Waals surface area contributed by atoms with Crippen LogP contribution in [0, 0.1) is 0 Å². The topological polar surface area (TPSA) is 96.8 Å². The molecule has 8 heteroatoms. The Hall–Kier alpha value is -2.51. The summed E-state index contributed by atoms with van der Waals surface area (Å²) in [5, 5.41) is 10.9. The maximum atomic E-state index is 12.5. The Bertz CT molecular complexity index is 797. The molecule has 2 aromatic rings. The minimum atomic E-state index is -0.166. The molecular weight excluding hydrogens is 308 g/mol. The Morgan fingerprint density at radius 1 is 1.29 bits per heavy atom. The highest BCUT2D eigenvalue weighted by molar-refractivity contribution is 5.90. The van der Waals surface area contributed by atoms with Crippen LogP contribution in [0.2, 0.25) is 0 Å². The number of nitrogens with zero attached hydrogens (tertiary/aromatic N) is 5. The molecule has 2 aromatic heterocycles. The van der Waals surface area contributed by atoms with E-state index in [1.165, 1.54) is 11.0 Å². The van der Waals surface area contributed by atoms with Crippen LogP contribution in [0.3, 0.4) is 0 Å².